The van der Waals surface area contributed by atoms with Crippen LogP contribution < -0.4 is 5.32 Å². The molecule has 2 heterocycles. The van der Waals surface area contributed by atoms with Crippen LogP contribution in [-0.2, 0) is 20.7 Å². The van der Waals surface area contributed by atoms with E-state index in [1.54, 1.807) is 16.8 Å². The predicted octanol–water partition coefficient (Wildman–Crippen LogP) is 2.50. The fourth-order valence-electron chi connectivity index (χ4n) is 1.64. The van der Waals surface area contributed by atoms with Crippen LogP contribution in [0, 0.1) is 18.3 Å². The van der Waals surface area contributed by atoms with E-state index in [2.05, 4.69) is 10.3 Å². The molecule has 1 N–H and O–H groups in total. The lowest BCUT2D eigenvalue weighted by atomic mass is 10.3. The number of aryl methyl sites for hydroxylation is 1. The Labute approximate surface area is 135 Å². The lowest BCUT2D eigenvalue weighted by Gasteiger charge is -2.12. The number of nitrogens with one attached hydrogen (secondary N) is 1. The average Bonchev–Trinajstić information content (AvgIpc) is 3.07. The number of aromatic nitrogens is 1. The summed E-state index contributed by atoms with van der Waals surface area (Å²) in [5.41, 5.74) is 1.01. The topological polar surface area (TPSA) is 92.1 Å². The number of hydrogen-bond donors (Lipinski definition) is 1. The predicted molar refractivity (Wildman–Crippen MR) is 83.8 cm³/mol. The van der Waals surface area contributed by atoms with Gasteiger partial charge >= 0.3 is 5.97 Å². The quantitative estimate of drug-likeness (QED) is 0.848. The van der Waals surface area contributed by atoms with Gasteiger partial charge in [-0.2, -0.15) is 5.26 Å². The maximum atomic E-state index is 12.0. The summed E-state index contributed by atoms with van der Waals surface area (Å²) >= 11 is 2.69. The molecule has 114 valence electrons. The van der Waals surface area contributed by atoms with Gasteiger partial charge in [0.05, 0.1) is 22.7 Å². The number of hydrogen-bond acceptors (Lipinski definition) is 7. The number of thiophene rings is 1. The molecule has 0 fully saturated rings. The Morgan fingerprint density at radius 3 is 2.91 bits per heavy atom. The van der Waals surface area contributed by atoms with Crippen molar-refractivity contribution >= 4 is 39.6 Å². The largest absolute Gasteiger partial charge is 0.452 e. The number of carbonyl (C=O) groups is 2. The van der Waals surface area contributed by atoms with Crippen LogP contribution in [0.15, 0.2) is 16.8 Å². The molecule has 0 aromatic carbocycles. The van der Waals surface area contributed by atoms with E-state index in [4.69, 9.17) is 10.00 Å². The van der Waals surface area contributed by atoms with E-state index in [1.165, 1.54) is 29.6 Å². The highest BCUT2D eigenvalue weighted by molar-refractivity contribution is 7.14. The van der Waals surface area contributed by atoms with Gasteiger partial charge in [0.1, 0.15) is 11.1 Å². The third-order valence-corrected chi connectivity index (χ3v) is 4.34. The molecule has 1 atom stereocenters. The summed E-state index contributed by atoms with van der Waals surface area (Å²) in [5.74, 6) is -0.985. The summed E-state index contributed by atoms with van der Waals surface area (Å²) in [5, 5.41) is 16.3. The molecule has 22 heavy (non-hydrogen) atoms. The van der Waals surface area contributed by atoms with E-state index in [9.17, 15) is 9.59 Å². The van der Waals surface area contributed by atoms with Crippen molar-refractivity contribution in [3.05, 3.63) is 33.1 Å². The third-order valence-electron chi connectivity index (χ3n) is 2.69. The summed E-state index contributed by atoms with van der Waals surface area (Å²) < 4.78 is 5.08. The van der Waals surface area contributed by atoms with Crippen molar-refractivity contribution in [1.82, 2.24) is 4.98 Å². The molecule has 1 unspecified atom stereocenters. The van der Waals surface area contributed by atoms with Crippen LogP contribution in [0.4, 0.5) is 5.00 Å². The van der Waals surface area contributed by atoms with Gasteiger partial charge in [0, 0.05) is 5.38 Å². The van der Waals surface area contributed by atoms with Crippen molar-refractivity contribution < 1.29 is 14.3 Å². The number of carbonyl (C=O) groups excluding carboxylic acids is 2. The van der Waals surface area contributed by atoms with Crippen molar-refractivity contribution in [2.24, 2.45) is 0 Å². The van der Waals surface area contributed by atoms with Crippen LogP contribution in [0.25, 0.3) is 0 Å². The van der Waals surface area contributed by atoms with Gasteiger partial charge in [-0.1, -0.05) is 0 Å². The Kier molecular flexibility index (Phi) is 5.25. The molecular formula is C14H13N3O3S2. The zero-order chi connectivity index (χ0) is 16.1. The minimum absolute atomic E-state index is 0.0322. The van der Waals surface area contributed by atoms with E-state index in [-0.39, 0.29) is 6.42 Å². The number of thiazole rings is 1. The maximum absolute atomic E-state index is 12.0. The number of ether oxygens (including phenoxy) is 1. The van der Waals surface area contributed by atoms with Crippen LogP contribution in [-0.4, -0.2) is 23.0 Å². The van der Waals surface area contributed by atoms with E-state index in [0.29, 0.717) is 16.3 Å². The minimum atomic E-state index is -0.944. The summed E-state index contributed by atoms with van der Waals surface area (Å²) in [4.78, 5) is 27.9. The molecule has 8 heteroatoms. The molecule has 0 radical (unpaired) electrons. The maximum Gasteiger partial charge on any atom is 0.312 e. The highest BCUT2D eigenvalue weighted by atomic mass is 32.1. The molecule has 1 amide bonds. The number of amides is 1. The van der Waals surface area contributed by atoms with Crippen molar-refractivity contribution in [2.45, 2.75) is 26.4 Å². The van der Waals surface area contributed by atoms with Gasteiger partial charge in [0.15, 0.2) is 6.10 Å². The van der Waals surface area contributed by atoms with Crippen LogP contribution in [0.2, 0.25) is 0 Å². The molecular weight excluding hydrogens is 322 g/mol. The Morgan fingerprint density at radius 1 is 1.50 bits per heavy atom. The van der Waals surface area contributed by atoms with Crippen LogP contribution in [0.1, 0.15) is 23.2 Å². The number of rotatable bonds is 5. The Balaban J connectivity index is 1.88. The summed E-state index contributed by atoms with van der Waals surface area (Å²) in [6.45, 7) is 3.34. The van der Waals surface area contributed by atoms with E-state index in [0.717, 1.165) is 5.01 Å². The SMILES string of the molecule is Cc1nc(CC(=O)OC(C)C(=O)Nc2sccc2C#N)cs1. The van der Waals surface area contributed by atoms with Gasteiger partial charge in [-0.05, 0) is 25.3 Å². The van der Waals surface area contributed by atoms with E-state index >= 15 is 0 Å². The minimum Gasteiger partial charge on any atom is -0.452 e. The molecule has 6 nitrogen and oxygen atoms in total. The smallest absolute Gasteiger partial charge is 0.312 e. The van der Waals surface area contributed by atoms with Crippen molar-refractivity contribution in [2.75, 3.05) is 5.32 Å². The third kappa shape index (κ3) is 4.13. The lowest BCUT2D eigenvalue weighted by Crippen LogP contribution is -2.30. The highest BCUT2D eigenvalue weighted by Gasteiger charge is 2.20. The number of nitrogens with zero attached hydrogens (tertiary/aromatic N) is 2. The summed E-state index contributed by atoms with van der Waals surface area (Å²) in [7, 11) is 0. The summed E-state index contributed by atoms with van der Waals surface area (Å²) in [6.07, 6.45) is -0.911. The summed E-state index contributed by atoms with van der Waals surface area (Å²) in [6, 6.07) is 3.59. The van der Waals surface area contributed by atoms with Gasteiger partial charge in [0.2, 0.25) is 0 Å². The van der Waals surface area contributed by atoms with Gasteiger partial charge in [-0.15, -0.1) is 22.7 Å². The van der Waals surface area contributed by atoms with E-state index < -0.39 is 18.0 Å². The second-order valence-electron chi connectivity index (χ2n) is 4.43. The average molecular weight is 335 g/mol. The fourth-order valence-corrected chi connectivity index (χ4v) is 2.99. The normalized spacial score (nSPS) is 11.5. The number of anilines is 1. The van der Waals surface area contributed by atoms with Crippen molar-refractivity contribution in [1.29, 1.82) is 5.26 Å². The molecule has 0 spiro atoms. The number of nitriles is 1. The van der Waals surface area contributed by atoms with E-state index in [1.807, 2.05) is 13.0 Å². The van der Waals surface area contributed by atoms with Gasteiger partial charge in [-0.25, -0.2) is 4.98 Å². The second-order valence-corrected chi connectivity index (χ2v) is 6.41. The first-order valence-corrected chi connectivity index (χ1v) is 8.14. The molecule has 0 saturated heterocycles. The molecule has 2 aromatic rings. The Bertz CT molecular complexity index is 730. The van der Waals surface area contributed by atoms with Gasteiger partial charge < -0.3 is 10.1 Å². The fraction of sp³-hybridized carbons (Fsp3) is 0.286. The molecule has 2 rings (SSSR count). The zero-order valence-corrected chi connectivity index (χ0v) is 13.6. The molecule has 0 aliphatic rings. The number of esters is 1. The standard InChI is InChI=1S/C14H13N3O3S2/c1-8(13(19)17-14-10(6-15)3-4-21-14)20-12(18)5-11-7-22-9(2)16-11/h3-4,7-8H,5H2,1-2H3,(H,17,19). The molecule has 0 aliphatic carbocycles. The Hall–Kier alpha value is -2.24. The van der Waals surface area contributed by atoms with Crippen molar-refractivity contribution in [3.8, 4) is 6.07 Å². The molecule has 0 bridgehead atoms. The first kappa shape index (κ1) is 16.1. The van der Waals surface area contributed by atoms with Crippen molar-refractivity contribution in [3.63, 3.8) is 0 Å². The lowest BCUT2D eigenvalue weighted by molar-refractivity contribution is -0.152. The second kappa shape index (κ2) is 7.15. The molecule has 2 aromatic heterocycles. The Morgan fingerprint density at radius 2 is 2.27 bits per heavy atom. The van der Waals surface area contributed by atoms with Crippen LogP contribution >= 0.6 is 22.7 Å². The van der Waals surface area contributed by atoms with Crippen LogP contribution in [0.5, 0.6) is 0 Å². The van der Waals surface area contributed by atoms with Gasteiger partial charge in [-0.3, -0.25) is 9.59 Å². The monoisotopic (exact) mass is 335 g/mol. The first-order valence-electron chi connectivity index (χ1n) is 6.38. The molecule has 0 saturated carbocycles. The van der Waals surface area contributed by atoms with Crippen LogP contribution in [0.3, 0.4) is 0 Å². The molecule has 0 aliphatic heterocycles. The van der Waals surface area contributed by atoms with Gasteiger partial charge in [0.25, 0.3) is 5.91 Å². The zero-order valence-electron chi connectivity index (χ0n) is 12.0. The highest BCUT2D eigenvalue weighted by Crippen LogP contribution is 2.22. The first-order chi connectivity index (χ1) is 10.5.